The van der Waals surface area contributed by atoms with Crippen LogP contribution in [0.2, 0.25) is 0 Å². The Kier molecular flexibility index (Phi) is 6.27. The lowest BCUT2D eigenvalue weighted by molar-refractivity contribution is 0.590. The van der Waals surface area contributed by atoms with Crippen LogP contribution < -0.4 is 16.0 Å². The third kappa shape index (κ3) is 6.07. The van der Waals surface area contributed by atoms with Crippen LogP contribution in [-0.4, -0.2) is 15.0 Å². The molecule has 0 spiro atoms. The summed E-state index contributed by atoms with van der Waals surface area (Å²) in [5.74, 6) is 1.37. The fourth-order valence-electron chi connectivity index (χ4n) is 3.43. The van der Waals surface area contributed by atoms with Gasteiger partial charge in [-0.1, -0.05) is 57.2 Å². The van der Waals surface area contributed by atoms with Gasteiger partial charge in [-0.2, -0.15) is 15.0 Å². The van der Waals surface area contributed by atoms with Gasteiger partial charge in [0.15, 0.2) is 0 Å². The van der Waals surface area contributed by atoms with Gasteiger partial charge in [0.2, 0.25) is 17.8 Å². The Morgan fingerprint density at radius 1 is 0.545 bits per heavy atom. The third-order valence-electron chi connectivity index (χ3n) is 5.19. The van der Waals surface area contributed by atoms with Crippen LogP contribution in [0, 0.1) is 13.8 Å². The van der Waals surface area contributed by atoms with Crippen molar-refractivity contribution < 1.29 is 0 Å². The molecular formula is C27H30N6. The van der Waals surface area contributed by atoms with Crippen LogP contribution in [0.25, 0.3) is 0 Å². The summed E-state index contributed by atoms with van der Waals surface area (Å²) >= 11 is 0. The summed E-state index contributed by atoms with van der Waals surface area (Å²) in [5.41, 5.74) is 6.44. The molecule has 1 heterocycles. The van der Waals surface area contributed by atoms with Gasteiger partial charge in [0.25, 0.3) is 0 Å². The molecule has 0 saturated carbocycles. The van der Waals surface area contributed by atoms with Gasteiger partial charge in [-0.3, -0.25) is 0 Å². The van der Waals surface area contributed by atoms with Gasteiger partial charge < -0.3 is 16.0 Å². The fraction of sp³-hybridized carbons (Fsp3) is 0.222. The molecule has 6 nitrogen and oxygen atoms in total. The minimum Gasteiger partial charge on any atom is -0.324 e. The maximum Gasteiger partial charge on any atom is 0.233 e. The molecule has 33 heavy (non-hydrogen) atoms. The maximum absolute atomic E-state index is 4.60. The molecule has 0 aliphatic rings. The molecule has 0 bridgehead atoms. The number of hydrogen-bond acceptors (Lipinski definition) is 6. The molecule has 6 heteroatoms. The van der Waals surface area contributed by atoms with Crippen LogP contribution in [0.4, 0.5) is 34.9 Å². The lowest BCUT2D eigenvalue weighted by Crippen LogP contribution is -2.11. The molecule has 3 aromatic carbocycles. The Morgan fingerprint density at radius 2 is 0.970 bits per heavy atom. The smallest absolute Gasteiger partial charge is 0.233 e. The number of nitrogens with one attached hydrogen (secondary N) is 3. The SMILES string of the molecule is Cc1cccc(Nc2nc(Nc3ccc(C(C)(C)C)cc3)nc(Nc3cccc(C)c3)n2)c1. The molecule has 0 radical (unpaired) electrons. The average Bonchev–Trinajstić information content (AvgIpc) is 2.73. The molecule has 0 saturated heterocycles. The van der Waals surface area contributed by atoms with E-state index in [1.165, 1.54) is 5.56 Å². The number of aromatic nitrogens is 3. The van der Waals surface area contributed by atoms with Crippen molar-refractivity contribution in [1.29, 1.82) is 0 Å². The second-order valence-electron chi connectivity index (χ2n) is 9.25. The normalized spacial score (nSPS) is 11.2. The van der Waals surface area contributed by atoms with Gasteiger partial charge in [0.1, 0.15) is 0 Å². The lowest BCUT2D eigenvalue weighted by Gasteiger charge is -2.19. The van der Waals surface area contributed by atoms with Crippen molar-refractivity contribution in [1.82, 2.24) is 15.0 Å². The fourth-order valence-corrected chi connectivity index (χ4v) is 3.43. The summed E-state index contributed by atoms with van der Waals surface area (Å²) in [5, 5.41) is 9.91. The number of aryl methyl sites for hydroxylation is 2. The maximum atomic E-state index is 4.60. The van der Waals surface area contributed by atoms with Gasteiger partial charge in [0, 0.05) is 17.1 Å². The van der Waals surface area contributed by atoms with E-state index in [4.69, 9.17) is 0 Å². The van der Waals surface area contributed by atoms with Crippen LogP contribution in [-0.2, 0) is 5.41 Å². The van der Waals surface area contributed by atoms with E-state index in [-0.39, 0.29) is 5.41 Å². The number of anilines is 6. The lowest BCUT2D eigenvalue weighted by atomic mass is 9.87. The van der Waals surface area contributed by atoms with E-state index in [1.54, 1.807) is 0 Å². The van der Waals surface area contributed by atoms with Crippen LogP contribution in [0.5, 0.6) is 0 Å². The second kappa shape index (κ2) is 9.28. The summed E-state index contributed by atoms with van der Waals surface area (Å²) in [7, 11) is 0. The number of benzene rings is 3. The van der Waals surface area contributed by atoms with E-state index in [0.717, 1.165) is 28.2 Å². The Bertz CT molecular complexity index is 1180. The van der Waals surface area contributed by atoms with Crippen LogP contribution in [0.15, 0.2) is 72.8 Å². The summed E-state index contributed by atoms with van der Waals surface area (Å²) in [6.07, 6.45) is 0. The first-order chi connectivity index (χ1) is 15.7. The molecule has 4 rings (SSSR count). The molecule has 0 fully saturated rings. The van der Waals surface area contributed by atoms with Crippen molar-refractivity contribution in [3.05, 3.63) is 89.5 Å². The molecule has 0 amide bonds. The largest absolute Gasteiger partial charge is 0.324 e. The summed E-state index contributed by atoms with van der Waals surface area (Å²) in [6.45, 7) is 10.7. The summed E-state index contributed by atoms with van der Waals surface area (Å²) in [4.78, 5) is 13.8. The second-order valence-corrected chi connectivity index (χ2v) is 9.25. The Labute approximate surface area is 195 Å². The van der Waals surface area contributed by atoms with Crippen molar-refractivity contribution >= 4 is 34.9 Å². The van der Waals surface area contributed by atoms with Gasteiger partial charge in [-0.15, -0.1) is 0 Å². The zero-order valence-corrected chi connectivity index (χ0v) is 19.8. The summed E-state index contributed by atoms with van der Waals surface area (Å²) < 4.78 is 0. The molecule has 0 atom stereocenters. The predicted octanol–water partition coefficient (Wildman–Crippen LogP) is 7.02. The zero-order chi connectivity index (χ0) is 23.4. The van der Waals surface area contributed by atoms with Gasteiger partial charge in [-0.25, -0.2) is 0 Å². The number of hydrogen-bond donors (Lipinski definition) is 3. The topological polar surface area (TPSA) is 74.8 Å². The minimum absolute atomic E-state index is 0.0987. The Morgan fingerprint density at radius 3 is 1.36 bits per heavy atom. The Hall–Kier alpha value is -3.93. The van der Waals surface area contributed by atoms with E-state index in [0.29, 0.717) is 17.8 Å². The Balaban J connectivity index is 1.64. The van der Waals surface area contributed by atoms with E-state index >= 15 is 0 Å². The van der Waals surface area contributed by atoms with Crippen LogP contribution in [0.3, 0.4) is 0 Å². The molecule has 4 aromatic rings. The van der Waals surface area contributed by atoms with E-state index in [2.05, 4.69) is 102 Å². The van der Waals surface area contributed by atoms with Gasteiger partial charge in [-0.05, 0) is 72.4 Å². The van der Waals surface area contributed by atoms with E-state index in [9.17, 15) is 0 Å². The predicted molar refractivity (Wildman–Crippen MR) is 137 cm³/mol. The third-order valence-corrected chi connectivity index (χ3v) is 5.19. The molecular weight excluding hydrogens is 408 g/mol. The monoisotopic (exact) mass is 438 g/mol. The first kappa shape index (κ1) is 22.3. The van der Waals surface area contributed by atoms with Crippen molar-refractivity contribution in [3.63, 3.8) is 0 Å². The van der Waals surface area contributed by atoms with Gasteiger partial charge in [0.05, 0.1) is 0 Å². The van der Waals surface area contributed by atoms with Crippen LogP contribution >= 0.6 is 0 Å². The molecule has 3 N–H and O–H groups in total. The number of rotatable bonds is 6. The quantitative estimate of drug-likeness (QED) is 0.300. The number of nitrogens with zero attached hydrogens (tertiary/aromatic N) is 3. The zero-order valence-electron chi connectivity index (χ0n) is 19.8. The van der Waals surface area contributed by atoms with Crippen LogP contribution in [0.1, 0.15) is 37.5 Å². The van der Waals surface area contributed by atoms with Crippen molar-refractivity contribution in [2.45, 2.75) is 40.0 Å². The first-order valence-corrected chi connectivity index (χ1v) is 11.1. The highest BCUT2D eigenvalue weighted by Crippen LogP contribution is 2.25. The summed E-state index contributed by atoms with van der Waals surface area (Å²) in [6, 6.07) is 24.5. The van der Waals surface area contributed by atoms with Crippen molar-refractivity contribution in [3.8, 4) is 0 Å². The average molecular weight is 439 g/mol. The van der Waals surface area contributed by atoms with Crippen molar-refractivity contribution in [2.75, 3.05) is 16.0 Å². The molecule has 168 valence electrons. The molecule has 0 unspecified atom stereocenters. The van der Waals surface area contributed by atoms with Crippen molar-refractivity contribution in [2.24, 2.45) is 0 Å². The highest BCUT2D eigenvalue weighted by Gasteiger charge is 2.13. The van der Waals surface area contributed by atoms with E-state index in [1.807, 2.05) is 36.4 Å². The molecule has 0 aliphatic heterocycles. The first-order valence-electron chi connectivity index (χ1n) is 11.1. The molecule has 0 aliphatic carbocycles. The highest BCUT2D eigenvalue weighted by atomic mass is 15.3. The molecule has 1 aromatic heterocycles. The van der Waals surface area contributed by atoms with E-state index < -0.39 is 0 Å². The minimum atomic E-state index is 0.0987. The van der Waals surface area contributed by atoms with Gasteiger partial charge >= 0.3 is 0 Å². The highest BCUT2D eigenvalue weighted by molar-refractivity contribution is 5.62. The standard InChI is InChI=1S/C27H30N6/c1-18-8-6-10-22(16-18)29-25-31-24(28-21-14-12-20(13-15-21)27(3,4)5)32-26(33-25)30-23-11-7-9-19(2)17-23/h6-17H,1-5H3,(H3,28,29,30,31,32,33).